The van der Waals surface area contributed by atoms with Gasteiger partial charge in [-0.25, -0.2) is 9.79 Å². The van der Waals surface area contributed by atoms with E-state index in [1.165, 1.54) is 0 Å². The third kappa shape index (κ3) is 7.37. The molecule has 4 N–H and O–H groups in total. The topological polar surface area (TPSA) is 88.7 Å². The van der Waals surface area contributed by atoms with Gasteiger partial charge in [0.15, 0.2) is 0 Å². The Morgan fingerprint density at radius 3 is 2.21 bits per heavy atom. The van der Waals surface area contributed by atoms with E-state index in [4.69, 9.17) is 10.5 Å². The van der Waals surface area contributed by atoms with Crippen molar-refractivity contribution < 1.29 is 9.53 Å². The number of halogens is 1. The summed E-state index contributed by atoms with van der Waals surface area (Å²) in [6.07, 6.45) is 0.126. The molecule has 0 fully saturated rings. The highest BCUT2D eigenvalue weighted by Gasteiger charge is 2.05. The second-order valence-electron chi connectivity index (χ2n) is 7.22. The Labute approximate surface area is 208 Å². The summed E-state index contributed by atoms with van der Waals surface area (Å²) >= 11 is 1.56. The summed E-state index contributed by atoms with van der Waals surface area (Å²) in [4.78, 5) is 17.5. The summed E-state index contributed by atoms with van der Waals surface area (Å²) < 4.78 is 5.31. The van der Waals surface area contributed by atoms with Crippen molar-refractivity contribution in [1.82, 2.24) is 0 Å². The van der Waals surface area contributed by atoms with E-state index < -0.39 is 6.09 Å². The maximum atomic E-state index is 12.1. The first-order chi connectivity index (χ1) is 16.2. The van der Waals surface area contributed by atoms with Crippen molar-refractivity contribution in [2.24, 2.45) is 10.7 Å². The van der Waals surface area contributed by atoms with Gasteiger partial charge in [0.1, 0.15) is 5.84 Å². The van der Waals surface area contributed by atoms with Gasteiger partial charge in [0.05, 0.1) is 17.2 Å². The Morgan fingerprint density at radius 1 is 0.853 bits per heavy atom. The number of hydrogen-bond acceptors (Lipinski definition) is 5. The Balaban J connectivity index is 0.00000324. The van der Waals surface area contributed by atoms with E-state index in [0.29, 0.717) is 17.9 Å². The molecule has 0 bridgehead atoms. The smallest absolute Gasteiger partial charge is 0.411 e. The van der Waals surface area contributed by atoms with Crippen molar-refractivity contribution in [3.63, 3.8) is 0 Å². The molecule has 0 unspecified atom stereocenters. The van der Waals surface area contributed by atoms with Crippen LogP contribution in [0.15, 0.2) is 101 Å². The van der Waals surface area contributed by atoms with Crippen LogP contribution >= 0.6 is 23.7 Å². The predicted molar refractivity (Wildman–Crippen MR) is 143 cm³/mol. The lowest BCUT2D eigenvalue weighted by atomic mass is 10.1. The molecule has 0 aliphatic rings. The second kappa shape index (κ2) is 12.4. The first kappa shape index (κ1) is 24.8. The van der Waals surface area contributed by atoms with Gasteiger partial charge in [-0.3, -0.25) is 5.32 Å². The lowest BCUT2D eigenvalue weighted by molar-refractivity contribution is 0.163. The van der Waals surface area contributed by atoms with Crippen LogP contribution in [0.1, 0.15) is 10.4 Å². The molecule has 6 nitrogen and oxygen atoms in total. The first-order valence-electron chi connectivity index (χ1n) is 10.5. The highest BCUT2D eigenvalue weighted by atomic mass is 35.5. The van der Waals surface area contributed by atoms with E-state index in [9.17, 15) is 4.79 Å². The minimum atomic E-state index is -0.483. The van der Waals surface area contributed by atoms with Crippen molar-refractivity contribution in [1.29, 1.82) is 0 Å². The van der Waals surface area contributed by atoms with Crippen molar-refractivity contribution in [3.8, 4) is 0 Å². The number of nitrogens with two attached hydrogens (primary N) is 1. The maximum absolute atomic E-state index is 12.1. The van der Waals surface area contributed by atoms with E-state index in [-0.39, 0.29) is 19.0 Å². The van der Waals surface area contributed by atoms with Crippen LogP contribution in [0, 0.1) is 0 Å². The lowest BCUT2D eigenvalue weighted by Gasteiger charge is -2.09. The van der Waals surface area contributed by atoms with E-state index in [1.54, 1.807) is 11.3 Å². The van der Waals surface area contributed by atoms with Crippen molar-refractivity contribution >= 4 is 58.4 Å². The van der Waals surface area contributed by atoms with Crippen molar-refractivity contribution in [2.75, 3.05) is 17.2 Å². The molecule has 1 aromatic heterocycles. The highest BCUT2D eigenvalue weighted by molar-refractivity contribution is 7.12. The van der Waals surface area contributed by atoms with E-state index in [0.717, 1.165) is 27.5 Å². The number of hydrogen-bond donors (Lipinski definition) is 3. The molecule has 0 saturated carbocycles. The van der Waals surface area contributed by atoms with Gasteiger partial charge in [-0.15, -0.1) is 23.7 Å². The van der Waals surface area contributed by atoms with Gasteiger partial charge in [0.25, 0.3) is 0 Å². The van der Waals surface area contributed by atoms with Gasteiger partial charge in [0, 0.05) is 23.5 Å². The molecular formula is C26H25ClN4O2S. The number of ether oxygens (including phenoxy) is 1. The van der Waals surface area contributed by atoms with Crippen LogP contribution in [0.2, 0.25) is 0 Å². The molecule has 1 heterocycles. The third-order valence-electron chi connectivity index (χ3n) is 4.78. The van der Waals surface area contributed by atoms with Gasteiger partial charge in [-0.2, -0.15) is 0 Å². The first-order valence-corrected chi connectivity index (χ1v) is 11.4. The maximum Gasteiger partial charge on any atom is 0.411 e. The minimum Gasteiger partial charge on any atom is -0.449 e. The fourth-order valence-electron chi connectivity index (χ4n) is 3.10. The van der Waals surface area contributed by atoms with Crippen LogP contribution in [0.4, 0.5) is 27.5 Å². The summed E-state index contributed by atoms with van der Waals surface area (Å²) in [6, 6.07) is 29.0. The lowest BCUT2D eigenvalue weighted by Crippen LogP contribution is -2.15. The number of carbonyl (C=O) groups excluding carboxylic acids is 1. The van der Waals surface area contributed by atoms with Crippen LogP contribution in [0.25, 0.3) is 0 Å². The fraction of sp³-hybridized carbons (Fsp3) is 0.0769. The molecule has 1 amide bonds. The number of anilines is 3. The Bertz CT molecular complexity index is 1200. The number of nitrogens with one attached hydrogen (secondary N) is 2. The van der Waals surface area contributed by atoms with Crippen LogP contribution < -0.4 is 16.4 Å². The predicted octanol–water partition coefficient (Wildman–Crippen LogP) is 6.74. The van der Waals surface area contributed by atoms with Gasteiger partial charge in [-0.05, 0) is 65.5 Å². The largest absolute Gasteiger partial charge is 0.449 e. The summed E-state index contributed by atoms with van der Waals surface area (Å²) in [5, 5.41) is 8.01. The zero-order valence-electron chi connectivity index (χ0n) is 18.3. The summed E-state index contributed by atoms with van der Waals surface area (Å²) in [5.41, 5.74) is 10.5. The van der Waals surface area contributed by atoms with Crippen LogP contribution in [0.3, 0.4) is 0 Å². The molecule has 174 valence electrons. The molecule has 4 aromatic rings. The minimum absolute atomic E-state index is 0. The van der Waals surface area contributed by atoms with Gasteiger partial charge < -0.3 is 15.8 Å². The molecule has 34 heavy (non-hydrogen) atoms. The standard InChI is InChI=1S/C26H24N4O2S.ClH/c27-25(24-7-4-18-33-24)29-22-10-8-19(9-11-22)16-17-32-26(31)30-23-14-12-21(13-15-23)28-20-5-2-1-3-6-20;/h1-15,18,28H,16-17H2,(H2,27,29)(H,30,31);1H. The number of amides is 1. The molecule has 0 aliphatic carbocycles. The van der Waals surface area contributed by atoms with Crippen molar-refractivity contribution in [3.05, 3.63) is 107 Å². The van der Waals surface area contributed by atoms with Gasteiger partial charge in [0.2, 0.25) is 0 Å². The number of carbonyl (C=O) groups is 1. The highest BCUT2D eigenvalue weighted by Crippen LogP contribution is 2.19. The Hall–Kier alpha value is -3.81. The van der Waals surface area contributed by atoms with Crippen molar-refractivity contribution in [2.45, 2.75) is 6.42 Å². The number of amidine groups is 1. The van der Waals surface area contributed by atoms with Crippen LogP contribution in [-0.2, 0) is 11.2 Å². The molecule has 0 radical (unpaired) electrons. The molecule has 0 aliphatic heterocycles. The second-order valence-corrected chi connectivity index (χ2v) is 8.17. The van der Waals surface area contributed by atoms with Gasteiger partial charge in [-0.1, -0.05) is 36.4 Å². The third-order valence-corrected chi connectivity index (χ3v) is 5.67. The number of nitrogens with zero attached hydrogens (tertiary/aromatic N) is 1. The molecule has 0 saturated heterocycles. The van der Waals surface area contributed by atoms with E-state index in [1.807, 2.05) is 96.4 Å². The fourth-order valence-corrected chi connectivity index (χ4v) is 3.72. The SMILES string of the molecule is Cl.NC(=Nc1ccc(CCOC(=O)Nc2ccc(Nc3ccccc3)cc2)cc1)c1cccs1. The monoisotopic (exact) mass is 492 g/mol. The number of benzene rings is 3. The van der Waals surface area contributed by atoms with Crippen LogP contribution in [-0.4, -0.2) is 18.5 Å². The molecular weight excluding hydrogens is 468 g/mol. The number of para-hydroxylation sites is 1. The molecule has 8 heteroatoms. The normalized spacial score (nSPS) is 10.8. The number of aliphatic imine (C=N–C) groups is 1. The molecule has 3 aromatic carbocycles. The zero-order valence-corrected chi connectivity index (χ0v) is 19.9. The average molecular weight is 493 g/mol. The van der Waals surface area contributed by atoms with Gasteiger partial charge >= 0.3 is 6.09 Å². The summed E-state index contributed by atoms with van der Waals surface area (Å²) in [7, 11) is 0. The Kier molecular flexibility index (Phi) is 9.08. The van der Waals surface area contributed by atoms with Crippen LogP contribution in [0.5, 0.6) is 0 Å². The summed E-state index contributed by atoms with van der Waals surface area (Å²) in [5.74, 6) is 0.502. The zero-order chi connectivity index (χ0) is 22.9. The average Bonchev–Trinajstić information content (AvgIpc) is 3.38. The molecule has 0 spiro atoms. The molecule has 0 atom stereocenters. The van der Waals surface area contributed by atoms with E-state index >= 15 is 0 Å². The summed E-state index contributed by atoms with van der Waals surface area (Å²) in [6.45, 7) is 0.277. The quantitative estimate of drug-likeness (QED) is 0.187. The van der Waals surface area contributed by atoms with E-state index in [2.05, 4.69) is 15.6 Å². The number of rotatable bonds is 8. The molecule has 4 rings (SSSR count). The Morgan fingerprint density at radius 2 is 1.53 bits per heavy atom. The number of thiophene rings is 1.